The van der Waals surface area contributed by atoms with Gasteiger partial charge in [0.1, 0.15) is 11.2 Å². The third-order valence-corrected chi connectivity index (χ3v) is 11.9. The lowest BCUT2D eigenvalue weighted by Crippen LogP contribution is -2.11. The van der Waals surface area contributed by atoms with Crippen molar-refractivity contribution in [1.82, 2.24) is 4.57 Å². The number of nitrogens with zero attached hydrogens (tertiary/aromatic N) is 2. The van der Waals surface area contributed by atoms with Crippen LogP contribution in [0.25, 0.3) is 93.2 Å². The van der Waals surface area contributed by atoms with Crippen molar-refractivity contribution < 1.29 is 4.42 Å². The monoisotopic (exact) mass is 752 g/mol. The lowest BCUT2D eigenvalue weighted by Gasteiger charge is -2.27. The van der Waals surface area contributed by atoms with E-state index in [0.29, 0.717) is 0 Å². The van der Waals surface area contributed by atoms with Crippen molar-refractivity contribution in [3.63, 3.8) is 0 Å². The van der Waals surface area contributed by atoms with E-state index < -0.39 is 0 Å². The fraction of sp³-hybridized carbons (Fsp3) is 0. The first-order valence-corrected chi connectivity index (χ1v) is 20.2. The zero-order valence-corrected chi connectivity index (χ0v) is 32.1. The van der Waals surface area contributed by atoms with Crippen LogP contribution in [0.1, 0.15) is 0 Å². The minimum atomic E-state index is 0.859. The van der Waals surface area contributed by atoms with Crippen LogP contribution in [0.5, 0.6) is 0 Å². The van der Waals surface area contributed by atoms with Gasteiger partial charge in [0.25, 0.3) is 0 Å². The Hall–Kier alpha value is -7.88. The molecule has 12 rings (SSSR count). The summed E-state index contributed by atoms with van der Waals surface area (Å²) in [5, 5.41) is 9.25. The van der Waals surface area contributed by atoms with Gasteiger partial charge >= 0.3 is 0 Å². The fourth-order valence-corrected chi connectivity index (χ4v) is 9.28. The van der Waals surface area contributed by atoms with Crippen LogP contribution in [0.4, 0.5) is 17.1 Å². The summed E-state index contributed by atoms with van der Waals surface area (Å²) in [6.07, 6.45) is 0. The third kappa shape index (κ3) is 5.29. The molecule has 0 aliphatic heterocycles. The molecule has 59 heavy (non-hydrogen) atoms. The Morgan fingerprint density at radius 1 is 0.373 bits per heavy atom. The molecule has 0 amide bonds. The number of hydrogen-bond acceptors (Lipinski definition) is 2. The summed E-state index contributed by atoms with van der Waals surface area (Å²) in [6.45, 7) is 0. The Morgan fingerprint density at radius 2 is 0.949 bits per heavy atom. The van der Waals surface area contributed by atoms with Crippen LogP contribution in [0, 0.1) is 0 Å². The summed E-state index contributed by atoms with van der Waals surface area (Å²) in [7, 11) is 0. The van der Waals surface area contributed by atoms with Gasteiger partial charge in [-0.2, -0.15) is 0 Å². The van der Waals surface area contributed by atoms with Gasteiger partial charge in [0, 0.05) is 38.3 Å². The first kappa shape index (κ1) is 33.3. The van der Waals surface area contributed by atoms with Gasteiger partial charge in [-0.25, -0.2) is 0 Å². The molecule has 3 nitrogen and oxygen atoms in total. The second kappa shape index (κ2) is 13.4. The molecule has 0 aliphatic rings. The molecule has 0 saturated carbocycles. The molecule has 0 atom stereocenters. The van der Waals surface area contributed by atoms with E-state index in [2.05, 4.69) is 228 Å². The van der Waals surface area contributed by atoms with E-state index in [1.807, 2.05) is 0 Å². The molecule has 2 heterocycles. The summed E-state index contributed by atoms with van der Waals surface area (Å²) in [5.74, 6) is 0. The maximum absolute atomic E-state index is 6.79. The molecule has 12 aromatic rings. The van der Waals surface area contributed by atoms with Gasteiger partial charge in [0.15, 0.2) is 0 Å². The molecular formula is C56H36N2O. The predicted octanol–water partition coefficient (Wildman–Crippen LogP) is 15.8. The Morgan fingerprint density at radius 3 is 1.71 bits per heavy atom. The zero-order valence-electron chi connectivity index (χ0n) is 32.1. The summed E-state index contributed by atoms with van der Waals surface area (Å²) >= 11 is 0. The summed E-state index contributed by atoms with van der Waals surface area (Å²) < 4.78 is 9.26. The lowest BCUT2D eigenvalue weighted by molar-refractivity contribution is 0.672. The van der Waals surface area contributed by atoms with Crippen LogP contribution in [-0.4, -0.2) is 4.57 Å². The molecule has 10 aromatic carbocycles. The van der Waals surface area contributed by atoms with E-state index in [1.165, 1.54) is 49.3 Å². The van der Waals surface area contributed by atoms with Gasteiger partial charge in [-0.15, -0.1) is 0 Å². The molecule has 2 aromatic heterocycles. The molecule has 0 bridgehead atoms. The van der Waals surface area contributed by atoms with Gasteiger partial charge in [-0.3, -0.25) is 0 Å². The van der Waals surface area contributed by atoms with Crippen molar-refractivity contribution in [2.24, 2.45) is 0 Å². The highest BCUT2D eigenvalue weighted by atomic mass is 16.3. The molecule has 0 spiro atoms. The van der Waals surface area contributed by atoms with E-state index in [0.717, 1.165) is 61.0 Å². The van der Waals surface area contributed by atoms with Gasteiger partial charge in [-0.05, 0) is 87.6 Å². The predicted molar refractivity (Wildman–Crippen MR) is 249 cm³/mol. The van der Waals surface area contributed by atoms with Crippen molar-refractivity contribution in [3.8, 4) is 27.9 Å². The van der Waals surface area contributed by atoms with Crippen LogP contribution < -0.4 is 4.90 Å². The number of anilines is 3. The molecular weight excluding hydrogens is 717 g/mol. The molecule has 3 heteroatoms. The van der Waals surface area contributed by atoms with E-state index in [-0.39, 0.29) is 0 Å². The molecule has 0 unspecified atom stereocenters. The SMILES string of the molecule is c1ccc(-c2ccc(N(c3cccc4oc5c6ccccc6ccc5c34)c3cccc4c3c3ccc5ccccc5c3n4-c3cccc(-c4ccccc4)c3)cc2)cc1. The van der Waals surface area contributed by atoms with Gasteiger partial charge in [0.05, 0.1) is 27.8 Å². The smallest absolute Gasteiger partial charge is 0.143 e. The third-order valence-electron chi connectivity index (χ3n) is 11.9. The van der Waals surface area contributed by atoms with Crippen LogP contribution in [-0.2, 0) is 0 Å². The number of fused-ring (bicyclic) bond motifs is 10. The highest BCUT2D eigenvalue weighted by Crippen LogP contribution is 2.49. The fourth-order valence-electron chi connectivity index (χ4n) is 9.28. The zero-order chi connectivity index (χ0) is 38.9. The first-order valence-electron chi connectivity index (χ1n) is 20.2. The molecule has 0 radical (unpaired) electrons. The molecule has 0 aliphatic carbocycles. The largest absolute Gasteiger partial charge is 0.455 e. The molecule has 0 fully saturated rings. The topological polar surface area (TPSA) is 21.3 Å². The van der Waals surface area contributed by atoms with Crippen molar-refractivity contribution in [2.75, 3.05) is 4.90 Å². The Kier molecular flexibility index (Phi) is 7.54. The number of hydrogen-bond donors (Lipinski definition) is 0. The standard InChI is InChI=1S/C56H36N2O/c1-3-14-37(15-4-1)39-28-32-43(33-29-39)57(51-26-13-27-52-54(51)48-35-31-41-19-8-10-23-46(41)56(48)59-52)49-24-12-25-50-53(49)47-34-30-40-18-7-9-22-45(40)55(47)58(50)44-21-11-20-42(36-44)38-16-5-2-6-17-38/h1-36H. The maximum atomic E-state index is 6.79. The van der Waals surface area contributed by atoms with Crippen molar-refractivity contribution in [3.05, 3.63) is 218 Å². The summed E-state index contributed by atoms with van der Waals surface area (Å²) in [6, 6.07) is 78.7. The van der Waals surface area contributed by atoms with E-state index >= 15 is 0 Å². The minimum absolute atomic E-state index is 0.859. The van der Waals surface area contributed by atoms with Crippen molar-refractivity contribution in [2.45, 2.75) is 0 Å². The van der Waals surface area contributed by atoms with Crippen molar-refractivity contribution in [1.29, 1.82) is 0 Å². The van der Waals surface area contributed by atoms with Crippen LogP contribution in [0.2, 0.25) is 0 Å². The Bertz CT molecular complexity index is 3540. The Balaban J connectivity index is 1.18. The van der Waals surface area contributed by atoms with Gasteiger partial charge < -0.3 is 13.9 Å². The second-order valence-corrected chi connectivity index (χ2v) is 15.3. The first-order chi connectivity index (χ1) is 29.3. The van der Waals surface area contributed by atoms with E-state index in [1.54, 1.807) is 0 Å². The van der Waals surface area contributed by atoms with Crippen LogP contribution in [0.3, 0.4) is 0 Å². The second-order valence-electron chi connectivity index (χ2n) is 15.3. The number of aromatic nitrogens is 1. The minimum Gasteiger partial charge on any atom is -0.455 e. The lowest BCUT2D eigenvalue weighted by atomic mass is 10.0. The van der Waals surface area contributed by atoms with Crippen LogP contribution in [0.15, 0.2) is 223 Å². The quantitative estimate of drug-likeness (QED) is 0.169. The van der Waals surface area contributed by atoms with Crippen molar-refractivity contribution >= 4 is 82.4 Å². The average molecular weight is 753 g/mol. The normalized spacial score (nSPS) is 11.7. The summed E-state index contributed by atoms with van der Waals surface area (Å²) in [5.41, 5.74) is 13.2. The summed E-state index contributed by atoms with van der Waals surface area (Å²) in [4.78, 5) is 2.45. The number of benzene rings is 10. The number of furan rings is 1. The molecule has 0 saturated heterocycles. The van der Waals surface area contributed by atoms with Crippen LogP contribution >= 0.6 is 0 Å². The van der Waals surface area contributed by atoms with E-state index in [4.69, 9.17) is 4.42 Å². The van der Waals surface area contributed by atoms with Gasteiger partial charge in [-0.1, -0.05) is 164 Å². The number of rotatable bonds is 6. The van der Waals surface area contributed by atoms with Gasteiger partial charge in [0.2, 0.25) is 0 Å². The maximum Gasteiger partial charge on any atom is 0.143 e. The van der Waals surface area contributed by atoms with E-state index in [9.17, 15) is 0 Å². The highest BCUT2D eigenvalue weighted by Gasteiger charge is 2.25. The molecule has 0 N–H and O–H groups in total. The Labute approximate surface area is 341 Å². The average Bonchev–Trinajstić information content (AvgIpc) is 3.88. The highest BCUT2D eigenvalue weighted by molar-refractivity contribution is 6.25. The molecule has 276 valence electrons.